The molecule has 0 aliphatic rings. The molecule has 0 aliphatic carbocycles. The molecule has 0 N–H and O–H groups in total. The summed E-state index contributed by atoms with van der Waals surface area (Å²) >= 11 is 0. The highest BCUT2D eigenvalue weighted by Crippen LogP contribution is 2.17. The minimum absolute atomic E-state index is 0.0283. The molecule has 7 nitrogen and oxygen atoms in total. The van der Waals surface area contributed by atoms with Crippen LogP contribution in [0.2, 0.25) is 0 Å². The maximum absolute atomic E-state index is 12.7. The zero-order chi connectivity index (χ0) is 20.5. The quantitative estimate of drug-likeness (QED) is 0.502. The number of rotatable bonds is 4. The second-order valence-corrected chi connectivity index (χ2v) is 7.07. The molecule has 4 aromatic rings. The Morgan fingerprint density at radius 1 is 0.897 bits per heavy atom. The van der Waals surface area contributed by atoms with E-state index in [1.54, 1.807) is 12.4 Å². The fourth-order valence-electron chi connectivity index (χ4n) is 3.09. The van der Waals surface area contributed by atoms with Crippen LogP contribution in [0.5, 0.6) is 0 Å². The predicted octanol–water partition coefficient (Wildman–Crippen LogP) is 3.02. The van der Waals surface area contributed by atoms with Gasteiger partial charge in [0.05, 0.1) is 5.69 Å². The lowest BCUT2D eigenvalue weighted by molar-refractivity contribution is 0.369. The van der Waals surface area contributed by atoms with Gasteiger partial charge in [-0.1, -0.05) is 47.1 Å². The van der Waals surface area contributed by atoms with Crippen molar-refractivity contribution in [2.75, 3.05) is 0 Å². The van der Waals surface area contributed by atoms with Gasteiger partial charge in [0.1, 0.15) is 6.54 Å². The summed E-state index contributed by atoms with van der Waals surface area (Å²) in [4.78, 5) is 29.6. The van der Waals surface area contributed by atoms with Crippen molar-refractivity contribution in [1.82, 2.24) is 19.3 Å². The van der Waals surface area contributed by atoms with Gasteiger partial charge in [0.2, 0.25) is 11.7 Å². The van der Waals surface area contributed by atoms with Crippen LogP contribution >= 0.6 is 0 Å². The first-order valence-electron chi connectivity index (χ1n) is 9.22. The zero-order valence-corrected chi connectivity index (χ0v) is 16.4. The summed E-state index contributed by atoms with van der Waals surface area (Å²) < 4.78 is 7.91. The number of hydrogen-bond acceptors (Lipinski definition) is 5. The smallest absolute Gasteiger partial charge is 0.320 e. The first-order chi connectivity index (χ1) is 13.9. The first kappa shape index (κ1) is 18.6. The van der Waals surface area contributed by atoms with E-state index in [0.717, 1.165) is 22.3 Å². The molecular formula is C22H20N4O3. The van der Waals surface area contributed by atoms with Gasteiger partial charge < -0.3 is 4.52 Å². The van der Waals surface area contributed by atoms with E-state index in [-0.39, 0.29) is 12.4 Å². The Morgan fingerprint density at radius 3 is 2.38 bits per heavy atom. The van der Waals surface area contributed by atoms with Gasteiger partial charge in [0, 0.05) is 18.0 Å². The molecule has 0 unspecified atom stereocenters. The van der Waals surface area contributed by atoms with E-state index in [1.165, 1.54) is 9.13 Å². The van der Waals surface area contributed by atoms with Crippen LogP contribution in [0.25, 0.3) is 17.1 Å². The van der Waals surface area contributed by atoms with Crippen LogP contribution < -0.4 is 11.1 Å². The number of nitrogens with zero attached hydrogens (tertiary/aromatic N) is 4. The van der Waals surface area contributed by atoms with E-state index in [9.17, 15) is 9.59 Å². The molecule has 0 radical (unpaired) electrons. The number of aryl methyl sites for hydroxylation is 3. The van der Waals surface area contributed by atoms with E-state index < -0.39 is 11.1 Å². The van der Waals surface area contributed by atoms with Crippen molar-refractivity contribution in [3.8, 4) is 17.1 Å². The molecular weight excluding hydrogens is 368 g/mol. The van der Waals surface area contributed by atoms with Gasteiger partial charge in [-0.05, 0) is 38.0 Å². The van der Waals surface area contributed by atoms with Crippen LogP contribution in [0.1, 0.15) is 22.6 Å². The monoisotopic (exact) mass is 388 g/mol. The van der Waals surface area contributed by atoms with E-state index >= 15 is 0 Å². The van der Waals surface area contributed by atoms with Crippen LogP contribution in [0, 0.1) is 20.8 Å². The Bertz CT molecular complexity index is 1300. The van der Waals surface area contributed by atoms with Gasteiger partial charge in [-0.15, -0.1) is 0 Å². The molecule has 2 heterocycles. The summed E-state index contributed by atoms with van der Waals surface area (Å²) in [7, 11) is 0. The molecule has 0 saturated carbocycles. The highest BCUT2D eigenvalue weighted by atomic mass is 16.5. The second-order valence-electron chi connectivity index (χ2n) is 7.07. The lowest BCUT2D eigenvalue weighted by atomic mass is 10.1. The third kappa shape index (κ3) is 3.67. The molecule has 4 rings (SSSR count). The lowest BCUT2D eigenvalue weighted by Gasteiger charge is -2.11. The van der Waals surface area contributed by atoms with Crippen molar-refractivity contribution in [2.45, 2.75) is 27.3 Å². The molecule has 2 aromatic heterocycles. The van der Waals surface area contributed by atoms with E-state index in [4.69, 9.17) is 4.52 Å². The molecule has 146 valence electrons. The molecule has 0 fully saturated rings. The fraction of sp³-hybridized carbons (Fsp3) is 0.182. The Kier molecular flexibility index (Phi) is 4.72. The average molecular weight is 388 g/mol. The minimum atomic E-state index is -0.650. The van der Waals surface area contributed by atoms with Crippen molar-refractivity contribution >= 4 is 0 Å². The first-order valence-corrected chi connectivity index (χ1v) is 9.22. The molecule has 7 heteroatoms. The van der Waals surface area contributed by atoms with E-state index in [1.807, 2.05) is 63.2 Å². The van der Waals surface area contributed by atoms with Gasteiger partial charge in [-0.25, -0.2) is 0 Å². The predicted molar refractivity (Wildman–Crippen MR) is 109 cm³/mol. The van der Waals surface area contributed by atoms with Gasteiger partial charge in [0.25, 0.3) is 0 Å². The number of hydrogen-bond donors (Lipinski definition) is 0. The standard InChI is InChI=1S/C22H20N4O3/c1-14-5-8-17(9-6-14)20-23-19(29-24-20)13-25-10-11-26(22(28)21(25)27)18-12-15(2)4-7-16(18)3/h4-12H,13H2,1-3H3. The SMILES string of the molecule is Cc1ccc(-c2noc(Cn3ccn(-c4cc(C)ccc4C)c(=O)c3=O)n2)cc1. The highest BCUT2D eigenvalue weighted by Gasteiger charge is 2.13. The van der Waals surface area contributed by atoms with Crippen LogP contribution in [-0.4, -0.2) is 19.3 Å². The van der Waals surface area contributed by atoms with Crippen molar-refractivity contribution in [3.63, 3.8) is 0 Å². The summed E-state index contributed by atoms with van der Waals surface area (Å²) in [6.07, 6.45) is 3.14. The molecule has 0 spiro atoms. The van der Waals surface area contributed by atoms with Crippen molar-refractivity contribution in [3.05, 3.63) is 98.1 Å². The van der Waals surface area contributed by atoms with E-state index in [2.05, 4.69) is 10.1 Å². The summed E-state index contributed by atoms with van der Waals surface area (Å²) in [6, 6.07) is 13.5. The second kappa shape index (κ2) is 7.35. The highest BCUT2D eigenvalue weighted by molar-refractivity contribution is 5.54. The largest absolute Gasteiger partial charge is 0.337 e. The molecule has 0 atom stereocenters. The molecule has 0 amide bonds. The average Bonchev–Trinajstić information content (AvgIpc) is 3.17. The Labute approximate surface area is 166 Å². The van der Waals surface area contributed by atoms with Crippen LogP contribution in [-0.2, 0) is 6.54 Å². The van der Waals surface area contributed by atoms with Crippen LogP contribution in [0.4, 0.5) is 0 Å². The summed E-state index contributed by atoms with van der Waals surface area (Å²) in [6.45, 7) is 5.87. The van der Waals surface area contributed by atoms with Crippen LogP contribution in [0.3, 0.4) is 0 Å². The Hall–Kier alpha value is -3.74. The Morgan fingerprint density at radius 2 is 1.62 bits per heavy atom. The number of benzene rings is 2. The zero-order valence-electron chi connectivity index (χ0n) is 16.4. The van der Waals surface area contributed by atoms with Gasteiger partial charge in [-0.2, -0.15) is 4.98 Å². The normalized spacial score (nSPS) is 11.0. The van der Waals surface area contributed by atoms with Crippen molar-refractivity contribution in [2.24, 2.45) is 0 Å². The van der Waals surface area contributed by atoms with Crippen LogP contribution in [0.15, 0.2) is 69.0 Å². The summed E-state index contributed by atoms with van der Waals surface area (Å²) in [5.74, 6) is 0.698. The summed E-state index contributed by atoms with van der Waals surface area (Å²) in [5.41, 5.74) is 3.30. The maximum atomic E-state index is 12.7. The third-order valence-electron chi connectivity index (χ3n) is 4.77. The minimum Gasteiger partial charge on any atom is -0.337 e. The van der Waals surface area contributed by atoms with Crippen molar-refractivity contribution in [1.29, 1.82) is 0 Å². The van der Waals surface area contributed by atoms with Crippen molar-refractivity contribution < 1.29 is 4.52 Å². The number of aromatic nitrogens is 4. The maximum Gasteiger partial charge on any atom is 0.320 e. The van der Waals surface area contributed by atoms with Gasteiger partial charge in [-0.3, -0.25) is 18.7 Å². The van der Waals surface area contributed by atoms with Gasteiger partial charge in [0.15, 0.2) is 0 Å². The molecule has 29 heavy (non-hydrogen) atoms. The topological polar surface area (TPSA) is 82.9 Å². The molecule has 0 saturated heterocycles. The third-order valence-corrected chi connectivity index (χ3v) is 4.77. The van der Waals surface area contributed by atoms with Gasteiger partial charge >= 0.3 is 11.1 Å². The molecule has 2 aromatic carbocycles. The lowest BCUT2D eigenvalue weighted by Crippen LogP contribution is -2.40. The Balaban J connectivity index is 1.65. The fourth-order valence-corrected chi connectivity index (χ4v) is 3.09. The summed E-state index contributed by atoms with van der Waals surface area (Å²) in [5, 5.41) is 3.97. The molecule has 0 bridgehead atoms. The molecule has 0 aliphatic heterocycles. The van der Waals surface area contributed by atoms with E-state index in [0.29, 0.717) is 11.5 Å².